The van der Waals surface area contributed by atoms with Crippen molar-refractivity contribution in [1.29, 1.82) is 0 Å². The standard InChI is InChI=1S/C16H16N4O2/c1-11-16(19-18-13-3-5-14(22-2)6-4-13)20-8-7-12(10-21)9-15(20)17-11/h3-9,21H,10H2,1-2H3. The third-order valence-corrected chi connectivity index (χ3v) is 3.35. The number of ether oxygens (including phenoxy) is 1. The van der Waals surface area contributed by atoms with Crippen LogP contribution in [0.2, 0.25) is 0 Å². The van der Waals surface area contributed by atoms with Gasteiger partial charge in [0.1, 0.15) is 11.4 Å². The maximum Gasteiger partial charge on any atom is 0.182 e. The number of aryl methyl sites for hydroxylation is 1. The average Bonchev–Trinajstić information content (AvgIpc) is 2.87. The van der Waals surface area contributed by atoms with E-state index in [9.17, 15) is 5.11 Å². The Morgan fingerprint density at radius 2 is 1.95 bits per heavy atom. The van der Waals surface area contributed by atoms with Gasteiger partial charge in [-0.15, -0.1) is 10.2 Å². The lowest BCUT2D eigenvalue weighted by molar-refractivity contribution is 0.282. The fraction of sp³-hybridized carbons (Fsp3) is 0.188. The summed E-state index contributed by atoms with van der Waals surface area (Å²) in [6.45, 7) is 1.87. The zero-order chi connectivity index (χ0) is 15.5. The van der Waals surface area contributed by atoms with Crippen LogP contribution in [0.1, 0.15) is 11.3 Å². The van der Waals surface area contributed by atoms with Crippen molar-refractivity contribution in [2.24, 2.45) is 10.2 Å². The van der Waals surface area contributed by atoms with Gasteiger partial charge in [-0.2, -0.15) is 0 Å². The van der Waals surface area contributed by atoms with Gasteiger partial charge in [-0.25, -0.2) is 4.98 Å². The van der Waals surface area contributed by atoms with E-state index in [0.29, 0.717) is 5.82 Å². The molecule has 0 saturated carbocycles. The Morgan fingerprint density at radius 1 is 1.18 bits per heavy atom. The first-order chi connectivity index (χ1) is 10.7. The monoisotopic (exact) mass is 296 g/mol. The van der Waals surface area contributed by atoms with Crippen LogP contribution in [-0.4, -0.2) is 21.6 Å². The topological polar surface area (TPSA) is 71.5 Å². The summed E-state index contributed by atoms with van der Waals surface area (Å²) in [6.07, 6.45) is 1.84. The summed E-state index contributed by atoms with van der Waals surface area (Å²) >= 11 is 0. The van der Waals surface area contributed by atoms with Gasteiger partial charge in [0, 0.05) is 6.20 Å². The lowest BCUT2D eigenvalue weighted by Crippen LogP contribution is -1.88. The highest BCUT2D eigenvalue weighted by molar-refractivity contribution is 5.53. The van der Waals surface area contributed by atoms with Crippen LogP contribution in [-0.2, 0) is 6.61 Å². The lowest BCUT2D eigenvalue weighted by Gasteiger charge is -2.00. The van der Waals surface area contributed by atoms with Crippen molar-refractivity contribution in [1.82, 2.24) is 9.38 Å². The van der Waals surface area contributed by atoms with Crippen LogP contribution < -0.4 is 4.74 Å². The summed E-state index contributed by atoms with van der Waals surface area (Å²) in [5.41, 5.74) is 3.08. The predicted molar refractivity (Wildman–Crippen MR) is 83.0 cm³/mol. The van der Waals surface area contributed by atoms with Crippen LogP contribution in [0.15, 0.2) is 52.8 Å². The highest BCUT2D eigenvalue weighted by Crippen LogP contribution is 2.25. The van der Waals surface area contributed by atoms with Gasteiger partial charge in [-0.1, -0.05) is 0 Å². The third kappa shape index (κ3) is 2.68. The number of rotatable bonds is 4. The van der Waals surface area contributed by atoms with E-state index in [1.54, 1.807) is 7.11 Å². The van der Waals surface area contributed by atoms with Gasteiger partial charge in [0.05, 0.1) is 25.1 Å². The van der Waals surface area contributed by atoms with E-state index < -0.39 is 0 Å². The van der Waals surface area contributed by atoms with Crippen LogP contribution in [0, 0.1) is 6.92 Å². The number of pyridine rings is 1. The molecule has 6 nitrogen and oxygen atoms in total. The number of azo groups is 1. The molecule has 3 aromatic rings. The molecule has 0 spiro atoms. The number of hydrogen-bond donors (Lipinski definition) is 1. The first-order valence-corrected chi connectivity index (χ1v) is 6.85. The van der Waals surface area contributed by atoms with Gasteiger partial charge in [0.2, 0.25) is 0 Å². The zero-order valence-electron chi connectivity index (χ0n) is 12.4. The summed E-state index contributed by atoms with van der Waals surface area (Å²) in [4.78, 5) is 4.44. The normalized spacial score (nSPS) is 11.4. The van der Waals surface area contributed by atoms with Crippen molar-refractivity contribution in [2.45, 2.75) is 13.5 Å². The molecule has 0 bridgehead atoms. The molecule has 3 rings (SSSR count). The quantitative estimate of drug-likeness (QED) is 0.748. The molecule has 6 heteroatoms. The first-order valence-electron chi connectivity index (χ1n) is 6.85. The molecule has 0 saturated heterocycles. The number of benzene rings is 1. The number of imidazole rings is 1. The molecule has 1 N–H and O–H groups in total. The van der Waals surface area contributed by atoms with E-state index in [4.69, 9.17) is 4.74 Å². The highest BCUT2D eigenvalue weighted by Gasteiger charge is 2.08. The SMILES string of the molecule is COc1ccc(N=Nc2c(C)nc3cc(CO)ccn23)cc1. The van der Waals surface area contributed by atoms with Crippen LogP contribution in [0.25, 0.3) is 5.65 Å². The molecule has 0 aliphatic carbocycles. The summed E-state index contributed by atoms with van der Waals surface area (Å²) in [6, 6.07) is 11.0. The van der Waals surface area contributed by atoms with Crippen molar-refractivity contribution in [3.05, 3.63) is 53.9 Å². The van der Waals surface area contributed by atoms with E-state index in [0.717, 1.165) is 28.3 Å². The minimum absolute atomic E-state index is 0.00882. The minimum atomic E-state index is -0.00882. The molecule has 0 unspecified atom stereocenters. The molecule has 1 aromatic carbocycles. The van der Waals surface area contributed by atoms with Crippen LogP contribution in [0.5, 0.6) is 5.75 Å². The Balaban J connectivity index is 1.95. The first kappa shape index (κ1) is 14.2. The molecular weight excluding hydrogens is 280 g/mol. The van der Waals surface area contributed by atoms with Gasteiger partial charge in [-0.05, 0) is 48.9 Å². The van der Waals surface area contributed by atoms with Crippen molar-refractivity contribution in [2.75, 3.05) is 7.11 Å². The fourth-order valence-corrected chi connectivity index (χ4v) is 2.16. The summed E-state index contributed by atoms with van der Waals surface area (Å²) in [7, 11) is 1.62. The van der Waals surface area contributed by atoms with Crippen LogP contribution in [0.4, 0.5) is 11.5 Å². The lowest BCUT2D eigenvalue weighted by atomic mass is 10.3. The molecule has 0 amide bonds. The maximum absolute atomic E-state index is 9.18. The fourth-order valence-electron chi connectivity index (χ4n) is 2.16. The summed E-state index contributed by atoms with van der Waals surface area (Å²) in [5.74, 6) is 1.46. The number of fused-ring (bicyclic) bond motifs is 1. The summed E-state index contributed by atoms with van der Waals surface area (Å²) < 4.78 is 6.96. The second kappa shape index (κ2) is 5.95. The predicted octanol–water partition coefficient (Wildman–Crippen LogP) is 3.56. The molecule has 0 aliphatic heterocycles. The van der Waals surface area contributed by atoms with Crippen LogP contribution >= 0.6 is 0 Å². The Bertz CT molecular complexity index is 822. The highest BCUT2D eigenvalue weighted by atomic mass is 16.5. The van der Waals surface area contributed by atoms with E-state index in [-0.39, 0.29) is 6.61 Å². The van der Waals surface area contributed by atoms with Crippen molar-refractivity contribution in [3.8, 4) is 5.75 Å². The van der Waals surface area contributed by atoms with Gasteiger partial charge < -0.3 is 9.84 Å². The molecule has 2 aromatic heterocycles. The number of aliphatic hydroxyl groups excluding tert-OH is 1. The number of nitrogens with zero attached hydrogens (tertiary/aromatic N) is 4. The molecule has 0 aliphatic rings. The van der Waals surface area contributed by atoms with Gasteiger partial charge >= 0.3 is 0 Å². The number of aliphatic hydroxyl groups is 1. The third-order valence-electron chi connectivity index (χ3n) is 3.35. The van der Waals surface area contributed by atoms with Gasteiger partial charge in [-0.3, -0.25) is 4.40 Å². The Kier molecular flexibility index (Phi) is 3.84. The van der Waals surface area contributed by atoms with E-state index in [1.165, 1.54) is 0 Å². The zero-order valence-corrected chi connectivity index (χ0v) is 12.4. The number of aromatic nitrogens is 2. The maximum atomic E-state index is 9.18. The number of hydrogen-bond acceptors (Lipinski definition) is 5. The molecule has 2 heterocycles. The average molecular weight is 296 g/mol. The smallest absolute Gasteiger partial charge is 0.182 e. The molecular formula is C16H16N4O2. The Labute approximate surface area is 127 Å². The second-order valence-electron chi connectivity index (χ2n) is 4.84. The van der Waals surface area contributed by atoms with E-state index >= 15 is 0 Å². The Morgan fingerprint density at radius 3 is 2.64 bits per heavy atom. The minimum Gasteiger partial charge on any atom is -0.497 e. The largest absolute Gasteiger partial charge is 0.497 e. The Hall–Kier alpha value is -2.73. The molecule has 22 heavy (non-hydrogen) atoms. The molecule has 112 valence electrons. The van der Waals surface area contributed by atoms with Crippen LogP contribution in [0.3, 0.4) is 0 Å². The summed E-state index contributed by atoms with van der Waals surface area (Å²) in [5, 5.41) is 17.7. The van der Waals surface area contributed by atoms with Gasteiger partial charge in [0.25, 0.3) is 0 Å². The van der Waals surface area contributed by atoms with Gasteiger partial charge in [0.15, 0.2) is 5.82 Å². The van der Waals surface area contributed by atoms with Crippen molar-refractivity contribution >= 4 is 17.2 Å². The van der Waals surface area contributed by atoms with Crippen molar-refractivity contribution < 1.29 is 9.84 Å². The second-order valence-corrected chi connectivity index (χ2v) is 4.84. The molecule has 0 atom stereocenters. The molecule has 0 fully saturated rings. The van der Waals surface area contributed by atoms with E-state index in [1.807, 2.05) is 53.9 Å². The van der Waals surface area contributed by atoms with E-state index in [2.05, 4.69) is 15.2 Å². The van der Waals surface area contributed by atoms with Crippen molar-refractivity contribution in [3.63, 3.8) is 0 Å². The number of methoxy groups -OCH3 is 1. The molecule has 0 radical (unpaired) electrons.